The maximum Gasteiger partial charge on any atom is 0.241 e. The van der Waals surface area contributed by atoms with Crippen molar-refractivity contribution in [3.63, 3.8) is 0 Å². The number of aliphatic hydroxyl groups is 1. The van der Waals surface area contributed by atoms with Crippen LogP contribution in [0.25, 0.3) is 0 Å². The first-order valence-electron chi connectivity index (χ1n) is 6.92. The van der Waals surface area contributed by atoms with Crippen LogP contribution in [0.1, 0.15) is 24.2 Å². The van der Waals surface area contributed by atoms with Crippen molar-refractivity contribution in [3.05, 3.63) is 65.2 Å². The maximum atomic E-state index is 13.4. The third-order valence-corrected chi connectivity index (χ3v) is 4.89. The van der Waals surface area contributed by atoms with Gasteiger partial charge in [0.25, 0.3) is 0 Å². The van der Waals surface area contributed by atoms with Crippen LogP contribution in [0.2, 0.25) is 0 Å². The van der Waals surface area contributed by atoms with Crippen LogP contribution in [0.5, 0.6) is 0 Å². The molecule has 0 spiro atoms. The predicted molar refractivity (Wildman–Crippen MR) is 82.3 cm³/mol. The summed E-state index contributed by atoms with van der Waals surface area (Å²) in [7, 11) is -3.99. The third-order valence-electron chi connectivity index (χ3n) is 3.35. The van der Waals surface area contributed by atoms with Crippen molar-refractivity contribution in [1.82, 2.24) is 4.72 Å². The molecule has 0 saturated carbocycles. The Labute approximate surface area is 133 Å². The summed E-state index contributed by atoms with van der Waals surface area (Å²) >= 11 is 0. The first-order valence-corrected chi connectivity index (χ1v) is 8.40. The van der Waals surface area contributed by atoms with E-state index < -0.39 is 33.8 Å². The van der Waals surface area contributed by atoms with E-state index >= 15 is 0 Å². The van der Waals surface area contributed by atoms with Crippen molar-refractivity contribution in [2.24, 2.45) is 0 Å². The summed E-state index contributed by atoms with van der Waals surface area (Å²) in [6.07, 6.45) is -1.17. The highest BCUT2D eigenvalue weighted by molar-refractivity contribution is 7.89. The minimum absolute atomic E-state index is 0.215. The predicted octanol–water partition coefficient (Wildman–Crippen LogP) is 2.67. The van der Waals surface area contributed by atoms with E-state index in [4.69, 9.17) is 0 Å². The Kier molecular flexibility index (Phi) is 5.13. The van der Waals surface area contributed by atoms with Crippen LogP contribution in [-0.2, 0) is 10.0 Å². The van der Waals surface area contributed by atoms with Crippen molar-refractivity contribution in [2.75, 3.05) is 0 Å². The lowest BCUT2D eigenvalue weighted by Crippen LogP contribution is -2.37. The second kappa shape index (κ2) is 6.74. The first kappa shape index (κ1) is 17.5. The Morgan fingerprint density at radius 2 is 1.65 bits per heavy atom. The standard InChI is InChI=1S/C16H17F2NO3S/c1-10-7-14(18)9-15(8-10)23(21,22)19-11(2)16(20)12-3-5-13(17)6-4-12/h3-9,11,16,19-20H,1-2H3. The number of benzene rings is 2. The quantitative estimate of drug-likeness (QED) is 0.879. The Balaban J connectivity index is 2.20. The van der Waals surface area contributed by atoms with E-state index in [0.717, 1.165) is 6.07 Å². The molecule has 0 bridgehead atoms. The third kappa shape index (κ3) is 4.34. The molecule has 0 aromatic heterocycles. The van der Waals surface area contributed by atoms with Gasteiger partial charge in [0.2, 0.25) is 10.0 Å². The summed E-state index contributed by atoms with van der Waals surface area (Å²) in [6.45, 7) is 3.05. The van der Waals surface area contributed by atoms with E-state index in [0.29, 0.717) is 11.1 Å². The average molecular weight is 341 g/mol. The molecule has 0 saturated heterocycles. The number of aliphatic hydroxyl groups excluding tert-OH is 1. The van der Waals surface area contributed by atoms with Crippen molar-refractivity contribution < 1.29 is 22.3 Å². The summed E-state index contributed by atoms with van der Waals surface area (Å²) in [5.74, 6) is -1.11. The van der Waals surface area contributed by atoms with Crippen LogP contribution in [0.4, 0.5) is 8.78 Å². The summed E-state index contributed by atoms with van der Waals surface area (Å²) in [4.78, 5) is -0.215. The van der Waals surface area contributed by atoms with E-state index in [-0.39, 0.29) is 4.90 Å². The van der Waals surface area contributed by atoms with Crippen molar-refractivity contribution in [2.45, 2.75) is 30.9 Å². The molecule has 7 heteroatoms. The summed E-state index contributed by atoms with van der Waals surface area (Å²) in [5.41, 5.74) is 0.842. The Hall–Kier alpha value is -1.83. The molecule has 2 unspecified atom stereocenters. The number of halogens is 2. The van der Waals surface area contributed by atoms with Crippen LogP contribution in [0.15, 0.2) is 47.4 Å². The molecule has 2 aromatic rings. The minimum atomic E-state index is -3.99. The number of hydrogen-bond acceptors (Lipinski definition) is 3. The topological polar surface area (TPSA) is 66.4 Å². The van der Waals surface area contributed by atoms with Gasteiger partial charge in [0.05, 0.1) is 11.0 Å². The smallest absolute Gasteiger partial charge is 0.241 e. The molecular formula is C16H17F2NO3S. The molecule has 0 radical (unpaired) electrons. The monoisotopic (exact) mass is 341 g/mol. The molecule has 2 rings (SSSR count). The van der Waals surface area contributed by atoms with Gasteiger partial charge in [-0.15, -0.1) is 0 Å². The van der Waals surface area contributed by atoms with E-state index in [1.807, 2.05) is 0 Å². The van der Waals surface area contributed by atoms with Gasteiger partial charge in [-0.25, -0.2) is 21.9 Å². The minimum Gasteiger partial charge on any atom is -0.387 e. The fourth-order valence-corrected chi connectivity index (χ4v) is 3.55. The number of aryl methyl sites for hydroxylation is 1. The summed E-state index contributed by atoms with van der Waals surface area (Å²) < 4.78 is 53.1. The Bertz CT molecular complexity index is 771. The number of hydrogen-bond donors (Lipinski definition) is 2. The number of nitrogens with one attached hydrogen (secondary N) is 1. The van der Waals surface area contributed by atoms with E-state index in [1.165, 1.54) is 43.3 Å². The van der Waals surface area contributed by atoms with E-state index in [9.17, 15) is 22.3 Å². The molecule has 0 fully saturated rings. The lowest BCUT2D eigenvalue weighted by Gasteiger charge is -2.20. The molecule has 0 heterocycles. The molecule has 4 nitrogen and oxygen atoms in total. The zero-order valence-electron chi connectivity index (χ0n) is 12.6. The molecule has 2 atom stereocenters. The lowest BCUT2D eigenvalue weighted by atomic mass is 10.0. The van der Waals surface area contributed by atoms with Gasteiger partial charge in [-0.1, -0.05) is 12.1 Å². The molecule has 124 valence electrons. The van der Waals surface area contributed by atoms with Crippen LogP contribution in [0.3, 0.4) is 0 Å². The number of sulfonamides is 1. The molecule has 23 heavy (non-hydrogen) atoms. The molecule has 0 aliphatic heterocycles. The van der Waals surface area contributed by atoms with E-state index in [1.54, 1.807) is 6.92 Å². The van der Waals surface area contributed by atoms with Gasteiger partial charge < -0.3 is 5.11 Å². The fraction of sp³-hybridized carbons (Fsp3) is 0.250. The van der Waals surface area contributed by atoms with Crippen LogP contribution < -0.4 is 4.72 Å². The molecule has 0 aliphatic carbocycles. The molecule has 0 amide bonds. The van der Waals surface area contributed by atoms with Gasteiger partial charge in [-0.3, -0.25) is 0 Å². The summed E-state index contributed by atoms with van der Waals surface area (Å²) in [6, 6.07) is 7.68. The lowest BCUT2D eigenvalue weighted by molar-refractivity contribution is 0.146. The highest BCUT2D eigenvalue weighted by atomic mass is 32.2. The molecule has 2 N–H and O–H groups in total. The largest absolute Gasteiger partial charge is 0.387 e. The van der Waals surface area contributed by atoms with Crippen LogP contribution >= 0.6 is 0 Å². The van der Waals surface area contributed by atoms with Gasteiger partial charge >= 0.3 is 0 Å². The van der Waals surface area contributed by atoms with E-state index in [2.05, 4.69) is 4.72 Å². The zero-order valence-corrected chi connectivity index (χ0v) is 13.4. The first-order chi connectivity index (χ1) is 10.7. The zero-order chi connectivity index (χ0) is 17.2. The van der Waals surface area contributed by atoms with Gasteiger partial charge in [-0.2, -0.15) is 0 Å². The number of rotatable bonds is 5. The molecule has 2 aromatic carbocycles. The second-order valence-electron chi connectivity index (χ2n) is 5.37. The van der Waals surface area contributed by atoms with Gasteiger partial charge in [0.1, 0.15) is 11.6 Å². The van der Waals surface area contributed by atoms with Gasteiger partial charge in [0.15, 0.2) is 0 Å². The van der Waals surface area contributed by atoms with Gasteiger partial charge in [-0.05, 0) is 55.3 Å². The molecule has 0 aliphatic rings. The van der Waals surface area contributed by atoms with Crippen molar-refractivity contribution in [3.8, 4) is 0 Å². The van der Waals surface area contributed by atoms with Crippen LogP contribution in [-0.4, -0.2) is 19.6 Å². The highest BCUT2D eigenvalue weighted by Gasteiger charge is 2.24. The van der Waals surface area contributed by atoms with Crippen molar-refractivity contribution >= 4 is 10.0 Å². The summed E-state index contributed by atoms with van der Waals surface area (Å²) in [5, 5.41) is 10.2. The van der Waals surface area contributed by atoms with Crippen LogP contribution in [0, 0.1) is 18.6 Å². The maximum absolute atomic E-state index is 13.4. The Morgan fingerprint density at radius 1 is 1.04 bits per heavy atom. The fourth-order valence-electron chi connectivity index (χ4n) is 2.18. The SMILES string of the molecule is Cc1cc(F)cc(S(=O)(=O)NC(C)C(O)c2ccc(F)cc2)c1. The molecular weight excluding hydrogens is 324 g/mol. The van der Waals surface area contributed by atoms with Gasteiger partial charge in [0, 0.05) is 6.04 Å². The van der Waals surface area contributed by atoms with Crippen molar-refractivity contribution in [1.29, 1.82) is 0 Å². The average Bonchev–Trinajstić information content (AvgIpc) is 2.46. The normalized spacial score (nSPS) is 14.5. The highest BCUT2D eigenvalue weighted by Crippen LogP contribution is 2.20. The second-order valence-corrected chi connectivity index (χ2v) is 7.08. The Morgan fingerprint density at radius 3 is 2.22 bits per heavy atom.